The molecule has 1 aliphatic carbocycles. The Morgan fingerprint density at radius 3 is 2.00 bits per heavy atom. The zero-order valence-corrected chi connectivity index (χ0v) is 11.5. The van der Waals surface area contributed by atoms with Crippen LogP contribution >= 0.6 is 0 Å². The van der Waals surface area contributed by atoms with Gasteiger partial charge in [-0.2, -0.15) is 0 Å². The van der Waals surface area contributed by atoms with E-state index in [4.69, 9.17) is 5.11 Å². The van der Waals surface area contributed by atoms with E-state index in [-0.39, 0.29) is 11.8 Å². The van der Waals surface area contributed by atoms with Crippen molar-refractivity contribution < 1.29 is 19.8 Å². The normalized spacial score (nSPS) is 24.9. The van der Waals surface area contributed by atoms with Crippen molar-refractivity contribution in [2.75, 3.05) is 0 Å². The van der Waals surface area contributed by atoms with Gasteiger partial charge in [-0.3, -0.25) is 9.59 Å². The van der Waals surface area contributed by atoms with Gasteiger partial charge in [-0.05, 0) is 47.0 Å². The topological polar surface area (TPSA) is 86.6 Å². The number of rotatable bonds is 4. The zero-order chi connectivity index (χ0) is 14.1. The molecule has 1 aliphatic rings. The maximum Gasteiger partial charge on any atom is 0.306 e. The molecular weight excluding hydrogens is 234 g/mol. The number of amides is 1. The molecule has 2 atom stereocenters. The molecule has 1 rings (SSSR count). The first-order valence-electron chi connectivity index (χ1n) is 6.32. The summed E-state index contributed by atoms with van der Waals surface area (Å²) < 4.78 is 0. The summed E-state index contributed by atoms with van der Waals surface area (Å²) in [6.07, 6.45) is 1.55. The van der Waals surface area contributed by atoms with Gasteiger partial charge in [0.25, 0.3) is 0 Å². The van der Waals surface area contributed by atoms with Crippen molar-refractivity contribution in [3.05, 3.63) is 0 Å². The summed E-state index contributed by atoms with van der Waals surface area (Å²) in [6.45, 7) is 6.80. The van der Waals surface area contributed by atoms with Gasteiger partial charge in [0, 0.05) is 5.92 Å². The third-order valence-corrected chi connectivity index (χ3v) is 4.12. The summed E-state index contributed by atoms with van der Waals surface area (Å²) in [5.41, 5.74) is -1.78. The number of carbonyl (C=O) groups is 2. The lowest BCUT2D eigenvalue weighted by molar-refractivity contribution is -0.141. The second-order valence-electron chi connectivity index (χ2n) is 6.22. The summed E-state index contributed by atoms with van der Waals surface area (Å²) in [6, 6.07) is 0. The summed E-state index contributed by atoms with van der Waals surface area (Å²) in [5.74, 6) is -1.66. The number of carboxylic acid groups (broad SMARTS) is 1. The Bertz CT molecular complexity index is 343. The van der Waals surface area contributed by atoms with Crippen LogP contribution in [0.4, 0.5) is 0 Å². The lowest BCUT2D eigenvalue weighted by Gasteiger charge is -2.38. The third-order valence-electron chi connectivity index (χ3n) is 4.12. The van der Waals surface area contributed by atoms with Gasteiger partial charge in [0.2, 0.25) is 5.91 Å². The zero-order valence-electron chi connectivity index (χ0n) is 11.5. The first-order valence-corrected chi connectivity index (χ1v) is 6.32. The Labute approximate surface area is 108 Å². The summed E-state index contributed by atoms with van der Waals surface area (Å²) >= 11 is 0. The number of aliphatic hydroxyl groups is 1. The van der Waals surface area contributed by atoms with Crippen LogP contribution in [-0.4, -0.2) is 33.2 Å². The number of carbonyl (C=O) groups excluding carboxylic acids is 1. The molecule has 2 unspecified atom stereocenters. The molecule has 1 amide bonds. The molecule has 3 N–H and O–H groups in total. The predicted octanol–water partition coefficient (Wildman–Crippen LogP) is 1.15. The molecule has 0 radical (unpaired) electrons. The van der Waals surface area contributed by atoms with E-state index in [9.17, 15) is 14.7 Å². The number of hydrogen-bond acceptors (Lipinski definition) is 3. The fourth-order valence-electron chi connectivity index (χ4n) is 2.01. The number of nitrogens with one attached hydrogen (secondary N) is 1. The van der Waals surface area contributed by atoms with E-state index < -0.39 is 23.0 Å². The van der Waals surface area contributed by atoms with Crippen LogP contribution in [0.2, 0.25) is 0 Å². The second kappa shape index (κ2) is 4.88. The highest BCUT2D eigenvalue weighted by molar-refractivity contribution is 5.81. The average molecular weight is 257 g/mol. The van der Waals surface area contributed by atoms with E-state index in [2.05, 4.69) is 5.32 Å². The fourth-order valence-corrected chi connectivity index (χ4v) is 2.01. The first kappa shape index (κ1) is 15.0. The Morgan fingerprint density at radius 2 is 1.61 bits per heavy atom. The van der Waals surface area contributed by atoms with Crippen molar-refractivity contribution in [2.24, 2.45) is 11.8 Å². The molecule has 0 aliphatic heterocycles. The monoisotopic (exact) mass is 257 g/mol. The van der Waals surface area contributed by atoms with Crippen molar-refractivity contribution in [1.82, 2.24) is 5.32 Å². The standard InChI is InChI=1S/C13H23NO4/c1-12(2,13(3,4)18)14-10(15)8-5-6-9(7-8)11(16)17/h8-9,18H,5-7H2,1-4H3,(H,14,15)(H,16,17). The van der Waals surface area contributed by atoms with Gasteiger partial charge in [-0.15, -0.1) is 0 Å². The highest BCUT2D eigenvalue weighted by Crippen LogP contribution is 2.32. The van der Waals surface area contributed by atoms with E-state index in [1.54, 1.807) is 27.7 Å². The van der Waals surface area contributed by atoms with Crippen molar-refractivity contribution in [1.29, 1.82) is 0 Å². The lowest BCUT2D eigenvalue weighted by atomic mass is 9.85. The Kier molecular flexibility index (Phi) is 4.05. The van der Waals surface area contributed by atoms with Crippen molar-refractivity contribution in [3.63, 3.8) is 0 Å². The molecule has 0 saturated heterocycles. The van der Waals surface area contributed by atoms with Gasteiger partial charge >= 0.3 is 5.97 Å². The molecule has 0 heterocycles. The van der Waals surface area contributed by atoms with Crippen LogP contribution < -0.4 is 5.32 Å². The minimum absolute atomic E-state index is 0.161. The van der Waals surface area contributed by atoms with Gasteiger partial charge in [-0.25, -0.2) is 0 Å². The number of carboxylic acids is 1. The van der Waals surface area contributed by atoms with Gasteiger partial charge in [0.15, 0.2) is 0 Å². The van der Waals surface area contributed by atoms with Gasteiger partial charge in [0.05, 0.1) is 17.1 Å². The van der Waals surface area contributed by atoms with Crippen LogP contribution in [0, 0.1) is 11.8 Å². The smallest absolute Gasteiger partial charge is 0.306 e. The minimum Gasteiger partial charge on any atom is -0.481 e. The number of hydrogen-bond donors (Lipinski definition) is 3. The largest absolute Gasteiger partial charge is 0.481 e. The molecular formula is C13H23NO4. The van der Waals surface area contributed by atoms with Crippen molar-refractivity contribution in [2.45, 2.75) is 58.1 Å². The molecule has 0 aromatic rings. The molecule has 5 heteroatoms. The van der Waals surface area contributed by atoms with Crippen LogP contribution in [0.1, 0.15) is 47.0 Å². The second-order valence-corrected chi connectivity index (χ2v) is 6.22. The molecule has 0 aromatic heterocycles. The molecule has 0 aromatic carbocycles. The molecule has 1 saturated carbocycles. The van der Waals surface area contributed by atoms with E-state index in [0.717, 1.165) is 0 Å². The predicted molar refractivity (Wildman–Crippen MR) is 67.0 cm³/mol. The van der Waals surface area contributed by atoms with Crippen molar-refractivity contribution >= 4 is 11.9 Å². The van der Waals surface area contributed by atoms with Crippen LogP contribution in [0.25, 0.3) is 0 Å². The van der Waals surface area contributed by atoms with E-state index in [0.29, 0.717) is 19.3 Å². The quantitative estimate of drug-likeness (QED) is 0.705. The summed E-state index contributed by atoms with van der Waals surface area (Å²) in [4.78, 5) is 22.9. The third kappa shape index (κ3) is 3.22. The molecule has 5 nitrogen and oxygen atoms in total. The highest BCUT2D eigenvalue weighted by Gasteiger charge is 2.40. The van der Waals surface area contributed by atoms with Crippen LogP contribution in [-0.2, 0) is 9.59 Å². The highest BCUT2D eigenvalue weighted by atomic mass is 16.4. The van der Waals surface area contributed by atoms with E-state index in [1.807, 2.05) is 0 Å². The lowest BCUT2D eigenvalue weighted by Crippen LogP contribution is -2.58. The maximum absolute atomic E-state index is 12.1. The van der Waals surface area contributed by atoms with Crippen LogP contribution in [0.15, 0.2) is 0 Å². The fraction of sp³-hybridized carbons (Fsp3) is 0.846. The Hall–Kier alpha value is -1.10. The van der Waals surface area contributed by atoms with E-state index in [1.165, 1.54) is 0 Å². The Morgan fingerprint density at radius 1 is 1.11 bits per heavy atom. The van der Waals surface area contributed by atoms with Gasteiger partial charge < -0.3 is 15.5 Å². The summed E-state index contributed by atoms with van der Waals surface area (Å²) in [5, 5.41) is 21.7. The number of aliphatic carboxylic acids is 1. The van der Waals surface area contributed by atoms with Gasteiger partial charge in [-0.1, -0.05) is 0 Å². The van der Waals surface area contributed by atoms with Gasteiger partial charge in [0.1, 0.15) is 0 Å². The molecule has 0 bridgehead atoms. The van der Waals surface area contributed by atoms with Crippen molar-refractivity contribution in [3.8, 4) is 0 Å². The van der Waals surface area contributed by atoms with E-state index >= 15 is 0 Å². The molecule has 104 valence electrons. The maximum atomic E-state index is 12.1. The molecule has 18 heavy (non-hydrogen) atoms. The molecule has 0 spiro atoms. The summed E-state index contributed by atoms with van der Waals surface area (Å²) in [7, 11) is 0. The average Bonchev–Trinajstić information content (AvgIpc) is 2.63. The molecule has 1 fully saturated rings. The first-order chi connectivity index (χ1) is 8.04. The SMILES string of the molecule is CC(C)(O)C(C)(C)NC(=O)C1CCC(C(=O)O)C1. The van der Waals surface area contributed by atoms with Crippen LogP contribution in [0.5, 0.6) is 0 Å². The van der Waals surface area contributed by atoms with Crippen LogP contribution in [0.3, 0.4) is 0 Å². The minimum atomic E-state index is -1.03. The Balaban J connectivity index is 2.60.